The molecule has 0 atom stereocenters. The third-order valence-corrected chi connectivity index (χ3v) is 2.92. The van der Waals surface area contributed by atoms with Gasteiger partial charge in [-0.2, -0.15) is 0 Å². The molecule has 1 aromatic heterocycles. The van der Waals surface area contributed by atoms with Crippen molar-refractivity contribution >= 4 is 5.91 Å². The third-order valence-electron chi connectivity index (χ3n) is 2.92. The second-order valence-electron chi connectivity index (χ2n) is 4.35. The summed E-state index contributed by atoms with van der Waals surface area (Å²) in [4.78, 5) is 13.7. The number of hydrogen-bond donors (Lipinski definition) is 2. The number of ether oxygens (including phenoxy) is 2. The van der Waals surface area contributed by atoms with E-state index in [9.17, 15) is 4.79 Å². The van der Waals surface area contributed by atoms with Crippen LogP contribution < -0.4 is 11.3 Å². The van der Waals surface area contributed by atoms with E-state index in [0.717, 1.165) is 19.5 Å². The zero-order valence-corrected chi connectivity index (χ0v) is 12.1. The lowest BCUT2D eigenvalue weighted by Gasteiger charge is -2.21. The second-order valence-corrected chi connectivity index (χ2v) is 4.35. The van der Waals surface area contributed by atoms with Crippen LogP contribution in [0.15, 0.2) is 16.7 Å². The normalized spacial score (nSPS) is 11.0. The van der Waals surface area contributed by atoms with Crippen LogP contribution >= 0.6 is 0 Å². The molecule has 0 bridgehead atoms. The van der Waals surface area contributed by atoms with Crippen molar-refractivity contribution in [1.29, 1.82) is 0 Å². The van der Waals surface area contributed by atoms with Gasteiger partial charge in [0.25, 0.3) is 5.91 Å². The maximum absolute atomic E-state index is 11.6. The highest BCUT2D eigenvalue weighted by atomic mass is 16.5. The first kappa shape index (κ1) is 16.6. The third kappa shape index (κ3) is 5.30. The van der Waals surface area contributed by atoms with Crippen LogP contribution in [0.4, 0.5) is 0 Å². The van der Waals surface area contributed by atoms with Crippen molar-refractivity contribution in [3.05, 3.63) is 23.7 Å². The molecular formula is C13H23N3O4. The van der Waals surface area contributed by atoms with Gasteiger partial charge in [0.15, 0.2) is 0 Å². The summed E-state index contributed by atoms with van der Waals surface area (Å²) >= 11 is 0. The number of methoxy groups -OCH3 is 2. The molecule has 0 fully saturated rings. The Hall–Kier alpha value is -1.41. The molecular weight excluding hydrogens is 262 g/mol. The van der Waals surface area contributed by atoms with Gasteiger partial charge < -0.3 is 13.9 Å². The maximum Gasteiger partial charge on any atom is 0.268 e. The minimum atomic E-state index is -0.350. The van der Waals surface area contributed by atoms with Gasteiger partial charge in [-0.1, -0.05) is 0 Å². The number of hydrazine groups is 1. The predicted octanol–water partition coefficient (Wildman–Crippen LogP) is 0.368. The van der Waals surface area contributed by atoms with Gasteiger partial charge >= 0.3 is 0 Å². The van der Waals surface area contributed by atoms with Gasteiger partial charge in [0.1, 0.15) is 5.76 Å². The fourth-order valence-corrected chi connectivity index (χ4v) is 1.87. The maximum atomic E-state index is 11.6. The number of nitrogens with one attached hydrogen (secondary N) is 1. The van der Waals surface area contributed by atoms with Gasteiger partial charge in [-0.25, -0.2) is 5.84 Å². The van der Waals surface area contributed by atoms with Crippen molar-refractivity contribution in [2.24, 2.45) is 5.84 Å². The van der Waals surface area contributed by atoms with E-state index in [-0.39, 0.29) is 5.91 Å². The number of amides is 1. The molecule has 1 rings (SSSR count). The number of nitrogens with zero attached hydrogens (tertiary/aromatic N) is 1. The van der Waals surface area contributed by atoms with Crippen LogP contribution in [0.2, 0.25) is 0 Å². The largest absolute Gasteiger partial charge is 0.467 e. The summed E-state index contributed by atoms with van der Waals surface area (Å²) < 4.78 is 15.5. The van der Waals surface area contributed by atoms with Crippen molar-refractivity contribution in [2.45, 2.75) is 13.0 Å². The standard InChI is InChI=1S/C13H23N3O4/c1-18-7-3-5-16(6-9-19-2)10-12-11(4-8-20-12)13(17)15-14/h4,8H,3,5-7,9-10,14H2,1-2H3,(H,15,17). The Kier molecular flexibility index (Phi) is 7.89. The topological polar surface area (TPSA) is 90.0 Å². The zero-order valence-electron chi connectivity index (χ0n) is 12.1. The van der Waals surface area contributed by atoms with Crippen LogP contribution in [0.25, 0.3) is 0 Å². The highest BCUT2D eigenvalue weighted by molar-refractivity contribution is 5.94. The summed E-state index contributed by atoms with van der Waals surface area (Å²) in [6.45, 7) is 3.43. The quantitative estimate of drug-likeness (QED) is 0.279. The Morgan fingerprint density at radius 1 is 1.35 bits per heavy atom. The minimum Gasteiger partial charge on any atom is -0.467 e. The minimum absolute atomic E-state index is 0.350. The molecule has 1 aromatic rings. The molecule has 20 heavy (non-hydrogen) atoms. The predicted molar refractivity (Wildman–Crippen MR) is 74.0 cm³/mol. The number of rotatable bonds is 10. The Balaban J connectivity index is 2.63. The molecule has 0 aliphatic rings. The first-order valence-electron chi connectivity index (χ1n) is 6.50. The number of nitrogens with two attached hydrogens (primary N) is 1. The Morgan fingerprint density at radius 3 is 2.75 bits per heavy atom. The molecule has 0 saturated heterocycles. The lowest BCUT2D eigenvalue weighted by atomic mass is 10.2. The first-order valence-corrected chi connectivity index (χ1v) is 6.50. The van der Waals surface area contributed by atoms with Crippen molar-refractivity contribution < 1.29 is 18.7 Å². The van der Waals surface area contributed by atoms with Crippen LogP contribution in [0.5, 0.6) is 0 Å². The average Bonchev–Trinajstić information content (AvgIpc) is 2.92. The fourth-order valence-electron chi connectivity index (χ4n) is 1.87. The van der Waals surface area contributed by atoms with Crippen LogP contribution in [0.1, 0.15) is 22.5 Å². The molecule has 0 aliphatic carbocycles. The summed E-state index contributed by atoms with van der Waals surface area (Å²) in [6, 6.07) is 1.61. The highest BCUT2D eigenvalue weighted by Crippen LogP contribution is 2.13. The SMILES string of the molecule is COCCCN(CCOC)Cc1occc1C(=O)NN. The monoisotopic (exact) mass is 285 g/mol. The number of nitrogen functional groups attached to an aromatic ring is 1. The summed E-state index contributed by atoms with van der Waals surface area (Å²) in [7, 11) is 3.34. The first-order chi connectivity index (χ1) is 9.72. The van der Waals surface area contributed by atoms with E-state index >= 15 is 0 Å². The molecule has 0 unspecified atom stereocenters. The second kappa shape index (κ2) is 9.49. The zero-order chi connectivity index (χ0) is 14.8. The van der Waals surface area contributed by atoms with Crippen molar-refractivity contribution in [1.82, 2.24) is 10.3 Å². The summed E-state index contributed by atoms with van der Waals surface area (Å²) in [5, 5.41) is 0. The van der Waals surface area contributed by atoms with Crippen LogP contribution in [0.3, 0.4) is 0 Å². The van der Waals surface area contributed by atoms with Crippen molar-refractivity contribution in [2.75, 3.05) is 40.5 Å². The molecule has 0 aromatic carbocycles. The Bertz CT molecular complexity index is 395. The van der Waals surface area contributed by atoms with Gasteiger partial charge in [0, 0.05) is 33.9 Å². The highest BCUT2D eigenvalue weighted by Gasteiger charge is 2.16. The molecule has 3 N–H and O–H groups in total. The smallest absolute Gasteiger partial charge is 0.268 e. The molecule has 0 spiro atoms. The summed E-state index contributed by atoms with van der Waals surface area (Å²) in [6.07, 6.45) is 2.39. The average molecular weight is 285 g/mol. The molecule has 114 valence electrons. The lowest BCUT2D eigenvalue weighted by molar-refractivity contribution is 0.0947. The van der Waals surface area contributed by atoms with Gasteiger partial charge in [-0.15, -0.1) is 0 Å². The van der Waals surface area contributed by atoms with Crippen LogP contribution in [-0.2, 0) is 16.0 Å². The van der Waals surface area contributed by atoms with Crippen molar-refractivity contribution in [3.63, 3.8) is 0 Å². The van der Waals surface area contributed by atoms with E-state index in [1.165, 1.54) is 6.26 Å². The van der Waals surface area contributed by atoms with Gasteiger partial charge in [-0.3, -0.25) is 15.1 Å². The molecule has 0 saturated carbocycles. The molecule has 0 radical (unpaired) electrons. The van der Waals surface area contributed by atoms with Gasteiger partial charge in [0.2, 0.25) is 0 Å². The van der Waals surface area contributed by atoms with Crippen LogP contribution in [0, 0.1) is 0 Å². The van der Waals surface area contributed by atoms with Gasteiger partial charge in [-0.05, 0) is 12.5 Å². The van der Waals surface area contributed by atoms with E-state index in [1.54, 1.807) is 20.3 Å². The van der Waals surface area contributed by atoms with Crippen LogP contribution in [-0.4, -0.2) is 51.3 Å². The molecule has 1 heterocycles. The molecule has 7 heteroatoms. The summed E-state index contributed by atoms with van der Waals surface area (Å²) in [5.74, 6) is 5.40. The Labute approximate surface area is 119 Å². The van der Waals surface area contributed by atoms with E-state index in [2.05, 4.69) is 10.3 Å². The lowest BCUT2D eigenvalue weighted by Crippen LogP contribution is -2.32. The van der Waals surface area contributed by atoms with E-state index in [1.807, 2.05) is 0 Å². The Morgan fingerprint density at radius 2 is 2.10 bits per heavy atom. The van der Waals surface area contributed by atoms with Crippen molar-refractivity contribution in [3.8, 4) is 0 Å². The number of furan rings is 1. The van der Waals surface area contributed by atoms with Gasteiger partial charge in [0.05, 0.1) is 25.0 Å². The number of hydrogen-bond acceptors (Lipinski definition) is 6. The number of carbonyl (C=O) groups is 1. The molecule has 0 aliphatic heterocycles. The van der Waals surface area contributed by atoms with E-state index in [4.69, 9.17) is 19.7 Å². The fraction of sp³-hybridized carbons (Fsp3) is 0.615. The van der Waals surface area contributed by atoms with E-state index in [0.29, 0.717) is 31.1 Å². The molecule has 7 nitrogen and oxygen atoms in total. The molecule has 1 amide bonds. The summed E-state index contributed by atoms with van der Waals surface area (Å²) in [5.41, 5.74) is 2.57. The van der Waals surface area contributed by atoms with E-state index < -0.39 is 0 Å². The number of carbonyl (C=O) groups excluding carboxylic acids is 1.